The second-order valence-electron chi connectivity index (χ2n) is 6.56. The van der Waals surface area contributed by atoms with E-state index in [9.17, 15) is 17.6 Å². The molecule has 1 aromatic carbocycles. The summed E-state index contributed by atoms with van der Waals surface area (Å²) in [4.78, 5) is 15.7. The van der Waals surface area contributed by atoms with Gasteiger partial charge in [-0.15, -0.1) is 13.2 Å². The van der Waals surface area contributed by atoms with Crippen molar-refractivity contribution < 1.29 is 22.3 Å². The third kappa shape index (κ3) is 5.02. The van der Waals surface area contributed by atoms with Crippen molar-refractivity contribution in [1.82, 2.24) is 19.9 Å². The zero-order chi connectivity index (χ0) is 22.0. The highest BCUT2D eigenvalue weighted by Gasteiger charge is 2.32. The van der Waals surface area contributed by atoms with Gasteiger partial charge in [0.2, 0.25) is 0 Å². The lowest BCUT2D eigenvalue weighted by Gasteiger charge is -2.12. The summed E-state index contributed by atoms with van der Waals surface area (Å²) in [7, 11) is 0. The van der Waals surface area contributed by atoms with Crippen LogP contribution in [0, 0.1) is 5.82 Å². The lowest BCUT2D eigenvalue weighted by Crippen LogP contribution is -2.18. The van der Waals surface area contributed by atoms with Gasteiger partial charge in [-0.25, -0.2) is 19.3 Å². The van der Waals surface area contributed by atoms with Gasteiger partial charge in [-0.1, -0.05) is 29.8 Å². The number of benzene rings is 1. The molecule has 0 amide bonds. The fraction of sp³-hybridized carbons (Fsp3) is 0.150. The fourth-order valence-corrected chi connectivity index (χ4v) is 3.12. The molecular weight excluding hydrogens is 438 g/mol. The molecule has 0 fully saturated rings. The zero-order valence-electron chi connectivity index (χ0n) is 15.7. The summed E-state index contributed by atoms with van der Waals surface area (Å²) in [6.45, 7) is -0.0657. The van der Waals surface area contributed by atoms with Crippen LogP contribution in [0.15, 0.2) is 48.9 Å². The van der Waals surface area contributed by atoms with Gasteiger partial charge in [0.25, 0.3) is 0 Å². The highest BCUT2D eigenvalue weighted by atomic mass is 35.5. The number of fused-ring (bicyclic) bond motifs is 1. The Balaban J connectivity index is 1.42. The van der Waals surface area contributed by atoms with Gasteiger partial charge >= 0.3 is 6.36 Å². The molecule has 0 atom stereocenters. The molecule has 0 aliphatic heterocycles. The van der Waals surface area contributed by atoms with E-state index in [0.29, 0.717) is 28.6 Å². The van der Waals surface area contributed by atoms with Crippen LogP contribution in [0.4, 0.5) is 23.4 Å². The van der Waals surface area contributed by atoms with Gasteiger partial charge in [-0.2, -0.15) is 0 Å². The van der Waals surface area contributed by atoms with Crippen molar-refractivity contribution in [2.24, 2.45) is 0 Å². The van der Waals surface area contributed by atoms with E-state index in [4.69, 9.17) is 11.6 Å². The van der Waals surface area contributed by atoms with Crippen molar-refractivity contribution in [3.63, 3.8) is 0 Å². The second-order valence-corrected chi connectivity index (χ2v) is 6.95. The van der Waals surface area contributed by atoms with Crippen molar-refractivity contribution in [3.8, 4) is 5.75 Å². The quantitative estimate of drug-likeness (QED) is 0.392. The summed E-state index contributed by atoms with van der Waals surface area (Å²) >= 11 is 5.91. The van der Waals surface area contributed by atoms with Gasteiger partial charge in [0, 0.05) is 36.5 Å². The van der Waals surface area contributed by atoms with Crippen LogP contribution in [0.5, 0.6) is 5.75 Å². The minimum absolute atomic E-state index is 0.0156. The number of hydrogen-bond donors (Lipinski definition) is 2. The summed E-state index contributed by atoms with van der Waals surface area (Å²) < 4.78 is 55.0. The Kier molecular flexibility index (Phi) is 5.64. The van der Waals surface area contributed by atoms with E-state index in [1.54, 1.807) is 18.5 Å². The number of ether oxygens (including phenoxy) is 1. The standard InChI is InChI=1S/C20H14ClF4N5O/c21-15-10-29-19-18(30-15)13(9-28-19)6-11-4-5-16(26-7-11)27-8-12-2-1-3-14(17(12)22)31-20(23,24)25/h1-5,7,9-10H,6,8H2,(H,26,27)(H,28,29). The zero-order valence-corrected chi connectivity index (χ0v) is 16.4. The van der Waals surface area contributed by atoms with Gasteiger partial charge in [-0.3, -0.25) is 0 Å². The maximum absolute atomic E-state index is 14.2. The summed E-state index contributed by atoms with van der Waals surface area (Å²) in [5, 5.41) is 3.18. The molecule has 2 N–H and O–H groups in total. The summed E-state index contributed by atoms with van der Waals surface area (Å²) in [5.41, 5.74) is 3.11. The van der Waals surface area contributed by atoms with Gasteiger partial charge in [-0.05, 0) is 17.7 Å². The Labute approximate surface area is 178 Å². The number of hydrogen-bond acceptors (Lipinski definition) is 5. The van der Waals surface area contributed by atoms with E-state index in [2.05, 4.69) is 30.0 Å². The maximum atomic E-state index is 14.2. The Morgan fingerprint density at radius 3 is 2.65 bits per heavy atom. The van der Waals surface area contributed by atoms with Gasteiger partial charge in [0.15, 0.2) is 17.2 Å². The Hall–Kier alpha value is -3.40. The summed E-state index contributed by atoms with van der Waals surface area (Å²) in [6.07, 6.45) is 0.463. The number of H-pyrrole nitrogens is 1. The Morgan fingerprint density at radius 1 is 1.06 bits per heavy atom. The highest BCUT2D eigenvalue weighted by molar-refractivity contribution is 6.29. The van der Waals surface area contributed by atoms with Crippen LogP contribution in [-0.2, 0) is 13.0 Å². The van der Waals surface area contributed by atoms with Gasteiger partial charge < -0.3 is 15.0 Å². The molecule has 31 heavy (non-hydrogen) atoms. The topological polar surface area (TPSA) is 75.7 Å². The number of pyridine rings is 1. The highest BCUT2D eigenvalue weighted by Crippen LogP contribution is 2.27. The molecule has 3 aromatic heterocycles. The third-order valence-corrected chi connectivity index (χ3v) is 4.56. The van der Waals surface area contributed by atoms with Crippen LogP contribution in [-0.4, -0.2) is 26.3 Å². The van der Waals surface area contributed by atoms with E-state index < -0.39 is 17.9 Å². The average Bonchev–Trinajstić information content (AvgIpc) is 3.10. The molecule has 0 aliphatic carbocycles. The van der Waals surface area contributed by atoms with Crippen LogP contribution < -0.4 is 10.1 Å². The van der Waals surface area contributed by atoms with Gasteiger partial charge in [0.05, 0.1) is 6.20 Å². The molecule has 11 heteroatoms. The van der Waals surface area contributed by atoms with Crippen LogP contribution in [0.25, 0.3) is 11.2 Å². The second kappa shape index (κ2) is 8.38. The lowest BCUT2D eigenvalue weighted by molar-refractivity contribution is -0.275. The fourth-order valence-electron chi connectivity index (χ4n) is 2.99. The van der Waals surface area contributed by atoms with Crippen LogP contribution in [0.3, 0.4) is 0 Å². The smallest absolute Gasteiger partial charge is 0.403 e. The Morgan fingerprint density at radius 2 is 1.90 bits per heavy atom. The van der Waals surface area contributed by atoms with Crippen LogP contribution in [0.2, 0.25) is 5.15 Å². The van der Waals surface area contributed by atoms with E-state index in [-0.39, 0.29) is 12.1 Å². The molecule has 3 heterocycles. The number of halogens is 5. The molecule has 0 aliphatic rings. The normalized spacial score (nSPS) is 11.6. The Bertz CT molecular complexity index is 1210. The summed E-state index contributed by atoms with van der Waals surface area (Å²) in [6, 6.07) is 7.08. The summed E-state index contributed by atoms with van der Waals surface area (Å²) in [5.74, 6) is -1.52. The molecule has 0 bridgehead atoms. The maximum Gasteiger partial charge on any atom is 0.573 e. The number of nitrogens with zero attached hydrogens (tertiary/aromatic N) is 3. The number of aromatic amines is 1. The SMILES string of the molecule is Fc1c(CNc2ccc(Cc3c[nH]c4ncc(Cl)nc34)cn2)cccc1OC(F)(F)F. The first-order valence-electron chi connectivity index (χ1n) is 8.99. The molecule has 0 spiro atoms. The number of anilines is 1. The molecule has 4 rings (SSSR count). The molecule has 6 nitrogen and oxygen atoms in total. The molecule has 0 radical (unpaired) electrons. The average molecular weight is 452 g/mol. The molecule has 0 saturated heterocycles. The van der Waals surface area contributed by atoms with Crippen molar-refractivity contribution in [2.75, 3.05) is 5.32 Å². The van der Waals surface area contributed by atoms with Gasteiger partial charge in [0.1, 0.15) is 16.5 Å². The third-order valence-electron chi connectivity index (χ3n) is 4.38. The van der Waals surface area contributed by atoms with Crippen molar-refractivity contribution in [2.45, 2.75) is 19.3 Å². The molecule has 0 unspecified atom stereocenters. The van der Waals surface area contributed by atoms with Crippen molar-refractivity contribution in [3.05, 3.63) is 76.6 Å². The lowest BCUT2D eigenvalue weighted by atomic mass is 10.1. The van der Waals surface area contributed by atoms with E-state index in [1.807, 2.05) is 6.07 Å². The molecular formula is C20H14ClF4N5O. The number of rotatable bonds is 6. The predicted octanol–water partition coefficient (Wildman–Crippen LogP) is 5.25. The van der Waals surface area contributed by atoms with Crippen molar-refractivity contribution >= 4 is 28.6 Å². The first-order chi connectivity index (χ1) is 14.8. The number of aromatic nitrogens is 4. The monoisotopic (exact) mass is 451 g/mol. The predicted molar refractivity (Wildman–Crippen MR) is 106 cm³/mol. The molecule has 4 aromatic rings. The number of alkyl halides is 3. The van der Waals surface area contributed by atoms with E-state index >= 15 is 0 Å². The molecule has 0 saturated carbocycles. The first kappa shape index (κ1) is 20.9. The molecule has 160 valence electrons. The van der Waals surface area contributed by atoms with Crippen LogP contribution >= 0.6 is 11.6 Å². The minimum Gasteiger partial charge on any atom is -0.403 e. The van der Waals surface area contributed by atoms with Crippen LogP contribution in [0.1, 0.15) is 16.7 Å². The first-order valence-corrected chi connectivity index (χ1v) is 9.37. The van der Waals surface area contributed by atoms with E-state index in [1.165, 1.54) is 18.3 Å². The van der Waals surface area contributed by atoms with Crippen molar-refractivity contribution in [1.29, 1.82) is 0 Å². The minimum atomic E-state index is -4.97. The van der Waals surface area contributed by atoms with E-state index in [0.717, 1.165) is 17.2 Å². The largest absolute Gasteiger partial charge is 0.573 e. The number of nitrogens with one attached hydrogen (secondary N) is 2.